The van der Waals surface area contributed by atoms with Gasteiger partial charge in [0.1, 0.15) is 6.04 Å². The van der Waals surface area contributed by atoms with Crippen LogP contribution in [0.2, 0.25) is 0 Å². The summed E-state index contributed by atoms with van der Waals surface area (Å²) in [6.45, 7) is 0.654. The Bertz CT molecular complexity index is 186. The van der Waals surface area contributed by atoms with E-state index in [-0.39, 0.29) is 5.96 Å². The highest BCUT2D eigenvalue weighted by molar-refractivity contribution is 5.74. The van der Waals surface area contributed by atoms with Gasteiger partial charge >= 0.3 is 5.97 Å². The molecule has 0 aromatic rings. The van der Waals surface area contributed by atoms with Gasteiger partial charge in [-0.05, 0) is 19.3 Å². The van der Waals surface area contributed by atoms with Gasteiger partial charge in [-0.2, -0.15) is 0 Å². The first-order chi connectivity index (χ1) is 6.45. The van der Waals surface area contributed by atoms with E-state index in [1.54, 1.807) is 11.9 Å². The summed E-state index contributed by atoms with van der Waals surface area (Å²) in [5.74, 6) is -0.947. The van der Waals surface area contributed by atoms with Crippen LogP contribution in [0.25, 0.3) is 0 Å². The molecule has 1 atom stereocenters. The number of nitrogens with zero attached hydrogens (tertiary/aromatic N) is 1. The maximum Gasteiger partial charge on any atom is 0.320 e. The normalized spacial score (nSPS) is 12.1. The van der Waals surface area contributed by atoms with Crippen molar-refractivity contribution in [2.45, 2.75) is 25.3 Å². The highest BCUT2D eigenvalue weighted by Crippen LogP contribution is 2.00. The third-order valence-electron chi connectivity index (χ3n) is 1.99. The number of guanidine groups is 1. The van der Waals surface area contributed by atoms with Gasteiger partial charge < -0.3 is 21.5 Å². The van der Waals surface area contributed by atoms with Gasteiger partial charge in [0.05, 0.1) is 0 Å². The first-order valence-corrected chi connectivity index (χ1v) is 4.48. The van der Waals surface area contributed by atoms with Crippen LogP contribution in [0.4, 0.5) is 0 Å². The zero-order chi connectivity index (χ0) is 11.1. The van der Waals surface area contributed by atoms with Crippen LogP contribution >= 0.6 is 0 Å². The van der Waals surface area contributed by atoms with Crippen molar-refractivity contribution >= 4 is 11.9 Å². The molecule has 6 nitrogen and oxygen atoms in total. The SMILES string of the molecule is CN(CCCC[C@H](N)C(=O)O)C(=N)N. The summed E-state index contributed by atoms with van der Waals surface area (Å²) in [4.78, 5) is 11.9. The molecular weight excluding hydrogens is 184 g/mol. The van der Waals surface area contributed by atoms with Gasteiger partial charge in [-0.3, -0.25) is 10.2 Å². The van der Waals surface area contributed by atoms with Crippen LogP contribution in [0, 0.1) is 5.41 Å². The maximum atomic E-state index is 10.3. The van der Waals surface area contributed by atoms with E-state index >= 15 is 0 Å². The fourth-order valence-electron chi connectivity index (χ4n) is 0.957. The van der Waals surface area contributed by atoms with Crippen LogP contribution in [-0.2, 0) is 4.79 Å². The smallest absolute Gasteiger partial charge is 0.320 e. The molecule has 0 aromatic carbocycles. The highest BCUT2D eigenvalue weighted by Gasteiger charge is 2.10. The van der Waals surface area contributed by atoms with E-state index in [0.717, 1.165) is 12.8 Å². The number of carbonyl (C=O) groups is 1. The zero-order valence-corrected chi connectivity index (χ0v) is 8.36. The highest BCUT2D eigenvalue weighted by atomic mass is 16.4. The Morgan fingerprint density at radius 3 is 2.57 bits per heavy atom. The Morgan fingerprint density at radius 2 is 2.14 bits per heavy atom. The van der Waals surface area contributed by atoms with Crippen molar-refractivity contribution in [1.82, 2.24) is 4.90 Å². The average Bonchev–Trinajstić information content (AvgIpc) is 2.11. The van der Waals surface area contributed by atoms with Crippen LogP contribution in [0.1, 0.15) is 19.3 Å². The molecule has 0 heterocycles. The average molecular weight is 202 g/mol. The Kier molecular flexibility index (Phi) is 5.62. The second-order valence-corrected chi connectivity index (χ2v) is 3.25. The Labute approximate surface area is 83.4 Å². The molecule has 0 aromatic heterocycles. The number of carboxylic acid groups (broad SMARTS) is 1. The van der Waals surface area contributed by atoms with Crippen LogP contribution in [0.15, 0.2) is 0 Å². The monoisotopic (exact) mass is 202 g/mol. The summed E-state index contributed by atoms with van der Waals surface area (Å²) in [6.07, 6.45) is 1.98. The quantitative estimate of drug-likeness (QED) is 0.260. The van der Waals surface area contributed by atoms with Crippen LogP contribution in [-0.4, -0.2) is 41.6 Å². The van der Waals surface area contributed by atoms with Gasteiger partial charge in [-0.1, -0.05) is 0 Å². The number of unbranched alkanes of at least 4 members (excludes halogenated alkanes) is 1. The minimum Gasteiger partial charge on any atom is -0.480 e. The summed E-state index contributed by atoms with van der Waals surface area (Å²) in [5.41, 5.74) is 10.5. The molecule has 0 aliphatic heterocycles. The van der Waals surface area contributed by atoms with E-state index in [0.29, 0.717) is 13.0 Å². The lowest BCUT2D eigenvalue weighted by Gasteiger charge is -2.16. The zero-order valence-electron chi connectivity index (χ0n) is 8.36. The van der Waals surface area contributed by atoms with E-state index < -0.39 is 12.0 Å². The number of hydrogen-bond donors (Lipinski definition) is 4. The van der Waals surface area contributed by atoms with Crippen molar-refractivity contribution in [3.8, 4) is 0 Å². The van der Waals surface area contributed by atoms with Crippen LogP contribution < -0.4 is 11.5 Å². The summed E-state index contributed by atoms with van der Waals surface area (Å²) in [7, 11) is 1.72. The minimum atomic E-state index is -0.968. The fraction of sp³-hybridized carbons (Fsp3) is 0.750. The lowest BCUT2D eigenvalue weighted by Crippen LogP contribution is -2.34. The largest absolute Gasteiger partial charge is 0.480 e. The van der Waals surface area contributed by atoms with Crippen molar-refractivity contribution in [3.05, 3.63) is 0 Å². The Balaban J connectivity index is 3.47. The summed E-state index contributed by atoms with van der Waals surface area (Å²) in [6, 6.07) is -0.780. The third kappa shape index (κ3) is 5.36. The van der Waals surface area contributed by atoms with Crippen molar-refractivity contribution in [2.24, 2.45) is 11.5 Å². The van der Waals surface area contributed by atoms with E-state index in [1.807, 2.05) is 0 Å². The van der Waals surface area contributed by atoms with Gasteiger partial charge in [0.2, 0.25) is 0 Å². The van der Waals surface area contributed by atoms with E-state index in [1.165, 1.54) is 0 Å². The van der Waals surface area contributed by atoms with E-state index in [2.05, 4.69) is 0 Å². The standard InChI is InChI=1S/C8H18N4O2/c1-12(8(10)11)5-3-2-4-6(9)7(13)14/h6H,2-5,9H2,1H3,(H3,10,11)(H,13,14)/t6-/m0/s1. The number of nitrogens with one attached hydrogen (secondary N) is 1. The van der Waals surface area contributed by atoms with Crippen molar-refractivity contribution in [1.29, 1.82) is 5.41 Å². The number of rotatable bonds is 6. The Hall–Kier alpha value is -1.30. The molecule has 6 N–H and O–H groups in total. The maximum absolute atomic E-state index is 10.3. The lowest BCUT2D eigenvalue weighted by atomic mass is 10.1. The van der Waals surface area contributed by atoms with Gasteiger partial charge in [0, 0.05) is 13.6 Å². The number of aliphatic carboxylic acids is 1. The second-order valence-electron chi connectivity index (χ2n) is 3.25. The topological polar surface area (TPSA) is 116 Å². The fourth-order valence-corrected chi connectivity index (χ4v) is 0.957. The van der Waals surface area contributed by atoms with Gasteiger partial charge in [-0.25, -0.2) is 0 Å². The minimum absolute atomic E-state index is 0.0209. The number of carboxylic acids is 1. The van der Waals surface area contributed by atoms with Crippen LogP contribution in [0.5, 0.6) is 0 Å². The first kappa shape index (κ1) is 12.7. The van der Waals surface area contributed by atoms with Gasteiger partial charge in [-0.15, -0.1) is 0 Å². The molecule has 14 heavy (non-hydrogen) atoms. The predicted octanol–water partition coefficient (Wildman–Crippen LogP) is -0.606. The molecule has 0 radical (unpaired) electrons. The summed E-state index contributed by atoms with van der Waals surface area (Å²) < 4.78 is 0. The molecule has 0 saturated carbocycles. The van der Waals surface area contributed by atoms with Crippen molar-refractivity contribution in [2.75, 3.05) is 13.6 Å². The molecule has 0 aliphatic rings. The summed E-state index contributed by atoms with van der Waals surface area (Å²) in [5, 5.41) is 15.6. The van der Waals surface area contributed by atoms with Gasteiger partial charge in [0.25, 0.3) is 0 Å². The van der Waals surface area contributed by atoms with Crippen LogP contribution in [0.3, 0.4) is 0 Å². The summed E-state index contributed by atoms with van der Waals surface area (Å²) >= 11 is 0. The number of nitrogens with two attached hydrogens (primary N) is 2. The van der Waals surface area contributed by atoms with Crippen molar-refractivity contribution in [3.63, 3.8) is 0 Å². The lowest BCUT2D eigenvalue weighted by molar-refractivity contribution is -0.138. The molecule has 0 amide bonds. The molecule has 0 fully saturated rings. The van der Waals surface area contributed by atoms with E-state index in [4.69, 9.17) is 22.0 Å². The molecule has 6 heteroatoms. The second kappa shape index (κ2) is 6.20. The molecule has 0 unspecified atom stereocenters. The van der Waals surface area contributed by atoms with Gasteiger partial charge in [0.15, 0.2) is 5.96 Å². The van der Waals surface area contributed by atoms with Crippen molar-refractivity contribution < 1.29 is 9.90 Å². The molecule has 0 spiro atoms. The Morgan fingerprint density at radius 1 is 1.57 bits per heavy atom. The predicted molar refractivity (Wildman–Crippen MR) is 54.0 cm³/mol. The molecule has 0 aliphatic carbocycles. The molecular formula is C8H18N4O2. The molecule has 82 valence electrons. The molecule has 0 saturated heterocycles. The molecule has 0 bridgehead atoms. The molecule has 0 rings (SSSR count). The van der Waals surface area contributed by atoms with E-state index in [9.17, 15) is 4.79 Å². The first-order valence-electron chi connectivity index (χ1n) is 4.48. The number of hydrogen-bond acceptors (Lipinski definition) is 3. The third-order valence-corrected chi connectivity index (χ3v) is 1.99.